The zero-order valence-corrected chi connectivity index (χ0v) is 12.2. The molecule has 0 aliphatic heterocycles. The lowest BCUT2D eigenvalue weighted by Gasteiger charge is -2.26. The van der Waals surface area contributed by atoms with Crippen LogP contribution in [0.1, 0.15) is 35.6 Å². The van der Waals surface area contributed by atoms with Crippen LogP contribution in [0, 0.1) is 0 Å². The van der Waals surface area contributed by atoms with Gasteiger partial charge in [0.2, 0.25) is 0 Å². The summed E-state index contributed by atoms with van der Waals surface area (Å²) in [6.45, 7) is 2.03. The minimum Gasteiger partial charge on any atom is -0.332 e. The molecule has 0 N–H and O–H groups in total. The van der Waals surface area contributed by atoms with Gasteiger partial charge in [0.25, 0.3) is 5.91 Å². The van der Waals surface area contributed by atoms with E-state index in [1.807, 2.05) is 25.1 Å². The maximum absolute atomic E-state index is 12.4. The van der Waals surface area contributed by atoms with E-state index in [0.29, 0.717) is 10.7 Å². The van der Waals surface area contributed by atoms with E-state index in [-0.39, 0.29) is 11.9 Å². The van der Waals surface area contributed by atoms with Gasteiger partial charge in [0, 0.05) is 19.4 Å². The van der Waals surface area contributed by atoms with E-state index in [2.05, 4.69) is 9.97 Å². The summed E-state index contributed by atoms with van der Waals surface area (Å²) in [6, 6.07) is 8.93. The molecular formula is C15H16ClN3O. The van der Waals surface area contributed by atoms with Crippen molar-refractivity contribution in [1.29, 1.82) is 0 Å². The number of carbonyl (C=O) groups excluding carboxylic acids is 1. The minimum atomic E-state index is -0.140. The molecule has 2 rings (SSSR count). The third-order valence-corrected chi connectivity index (χ3v) is 3.37. The first-order chi connectivity index (χ1) is 9.63. The monoisotopic (exact) mass is 289 g/mol. The normalized spacial score (nSPS) is 11.9. The van der Waals surface area contributed by atoms with Gasteiger partial charge < -0.3 is 4.90 Å². The van der Waals surface area contributed by atoms with Crippen LogP contribution in [0.15, 0.2) is 42.7 Å². The Balaban J connectivity index is 2.22. The summed E-state index contributed by atoms with van der Waals surface area (Å²) >= 11 is 5.78. The molecule has 0 fully saturated rings. The van der Waals surface area contributed by atoms with Crippen molar-refractivity contribution in [3.8, 4) is 0 Å². The predicted molar refractivity (Wildman–Crippen MR) is 78.6 cm³/mol. The lowest BCUT2D eigenvalue weighted by molar-refractivity contribution is 0.0717. The topological polar surface area (TPSA) is 46.1 Å². The summed E-state index contributed by atoms with van der Waals surface area (Å²) in [5.74, 6) is -0.140. The van der Waals surface area contributed by atoms with Crippen molar-refractivity contribution in [3.05, 3.63) is 59.1 Å². The minimum absolute atomic E-state index is 0.0684. The number of hydrogen-bond donors (Lipinski definition) is 0. The van der Waals surface area contributed by atoms with E-state index in [0.717, 1.165) is 12.1 Å². The maximum atomic E-state index is 12.4. The molecule has 104 valence electrons. The van der Waals surface area contributed by atoms with E-state index in [1.165, 1.54) is 6.20 Å². The molecule has 20 heavy (non-hydrogen) atoms. The Morgan fingerprint density at radius 3 is 2.65 bits per heavy atom. The summed E-state index contributed by atoms with van der Waals surface area (Å²) in [4.78, 5) is 22.5. The Kier molecular flexibility index (Phi) is 4.69. The number of amides is 1. The molecule has 5 heteroatoms. The third-order valence-electron chi connectivity index (χ3n) is 3.15. The van der Waals surface area contributed by atoms with E-state index in [9.17, 15) is 4.79 Å². The number of pyridine rings is 2. The highest BCUT2D eigenvalue weighted by molar-refractivity contribution is 6.30. The average molecular weight is 290 g/mol. The second-order valence-electron chi connectivity index (χ2n) is 4.46. The molecule has 2 heterocycles. The van der Waals surface area contributed by atoms with E-state index in [4.69, 9.17) is 11.6 Å². The fourth-order valence-electron chi connectivity index (χ4n) is 2.08. The van der Waals surface area contributed by atoms with Crippen molar-refractivity contribution < 1.29 is 4.79 Å². The van der Waals surface area contributed by atoms with Gasteiger partial charge in [0.15, 0.2) is 0 Å². The Morgan fingerprint density at radius 2 is 2.10 bits per heavy atom. The largest absolute Gasteiger partial charge is 0.332 e. The Labute approximate surface area is 123 Å². The van der Waals surface area contributed by atoms with Crippen molar-refractivity contribution >= 4 is 17.5 Å². The summed E-state index contributed by atoms with van der Waals surface area (Å²) in [5, 5.41) is 0.515. The van der Waals surface area contributed by atoms with Gasteiger partial charge in [0.05, 0.1) is 16.8 Å². The molecule has 0 saturated carbocycles. The summed E-state index contributed by atoms with van der Waals surface area (Å²) in [6.07, 6.45) is 3.99. The fourth-order valence-corrected chi connectivity index (χ4v) is 2.19. The van der Waals surface area contributed by atoms with Gasteiger partial charge in [0.1, 0.15) is 5.69 Å². The second kappa shape index (κ2) is 6.48. The lowest BCUT2D eigenvalue weighted by atomic mass is 10.1. The van der Waals surface area contributed by atoms with Crippen molar-refractivity contribution in [1.82, 2.24) is 14.9 Å². The van der Waals surface area contributed by atoms with E-state index in [1.54, 1.807) is 30.3 Å². The number of hydrogen-bond acceptors (Lipinski definition) is 3. The van der Waals surface area contributed by atoms with E-state index >= 15 is 0 Å². The molecule has 0 spiro atoms. The summed E-state index contributed by atoms with van der Waals surface area (Å²) < 4.78 is 0. The van der Waals surface area contributed by atoms with E-state index < -0.39 is 0 Å². The zero-order chi connectivity index (χ0) is 14.5. The van der Waals surface area contributed by atoms with Crippen LogP contribution in [0.4, 0.5) is 0 Å². The van der Waals surface area contributed by atoms with Gasteiger partial charge in [-0.2, -0.15) is 0 Å². The van der Waals surface area contributed by atoms with Crippen molar-refractivity contribution in [2.45, 2.75) is 19.4 Å². The number of aromatic nitrogens is 2. The standard InChI is InChI=1S/C15H16ClN3O/c1-3-14(12-6-4-5-9-17-12)19(2)15(20)13-8-7-11(16)10-18-13/h4-10,14H,3H2,1-2H3. The highest BCUT2D eigenvalue weighted by Crippen LogP contribution is 2.22. The summed E-state index contributed by atoms with van der Waals surface area (Å²) in [7, 11) is 1.77. The van der Waals surface area contributed by atoms with Crippen LogP contribution < -0.4 is 0 Å². The van der Waals surface area contributed by atoms with Crippen LogP contribution in [0.2, 0.25) is 5.02 Å². The SMILES string of the molecule is CCC(c1ccccn1)N(C)C(=O)c1ccc(Cl)cn1. The first-order valence-electron chi connectivity index (χ1n) is 6.43. The zero-order valence-electron chi connectivity index (χ0n) is 11.5. The highest BCUT2D eigenvalue weighted by Gasteiger charge is 2.22. The number of rotatable bonds is 4. The van der Waals surface area contributed by atoms with Crippen LogP contribution in [0.3, 0.4) is 0 Å². The Bertz CT molecular complexity index is 571. The molecule has 0 aliphatic carbocycles. The quantitative estimate of drug-likeness (QED) is 0.867. The Morgan fingerprint density at radius 1 is 1.30 bits per heavy atom. The molecule has 0 bridgehead atoms. The number of carbonyl (C=O) groups is 1. The highest BCUT2D eigenvalue weighted by atomic mass is 35.5. The van der Waals surface area contributed by atoms with Crippen molar-refractivity contribution in [3.63, 3.8) is 0 Å². The van der Waals surface area contributed by atoms with Crippen LogP contribution in [-0.4, -0.2) is 27.8 Å². The first kappa shape index (κ1) is 14.5. The van der Waals surface area contributed by atoms with Crippen LogP contribution in [-0.2, 0) is 0 Å². The molecule has 0 aromatic carbocycles. The molecule has 4 nitrogen and oxygen atoms in total. The molecule has 1 amide bonds. The van der Waals surface area contributed by atoms with Gasteiger partial charge in [-0.25, -0.2) is 4.98 Å². The maximum Gasteiger partial charge on any atom is 0.272 e. The van der Waals surface area contributed by atoms with Crippen molar-refractivity contribution in [2.75, 3.05) is 7.05 Å². The fraction of sp³-hybridized carbons (Fsp3) is 0.267. The molecule has 1 unspecified atom stereocenters. The average Bonchev–Trinajstić information content (AvgIpc) is 2.49. The van der Waals surface area contributed by atoms with Gasteiger partial charge in [-0.05, 0) is 30.7 Å². The molecule has 0 radical (unpaired) electrons. The smallest absolute Gasteiger partial charge is 0.272 e. The molecule has 0 aliphatic rings. The molecular weight excluding hydrogens is 274 g/mol. The first-order valence-corrected chi connectivity index (χ1v) is 6.81. The van der Waals surface area contributed by atoms with Crippen molar-refractivity contribution in [2.24, 2.45) is 0 Å². The van der Waals surface area contributed by atoms with Gasteiger partial charge in [-0.1, -0.05) is 24.6 Å². The van der Waals surface area contributed by atoms with Gasteiger partial charge in [-0.3, -0.25) is 9.78 Å². The van der Waals surface area contributed by atoms with Gasteiger partial charge in [-0.15, -0.1) is 0 Å². The van der Waals surface area contributed by atoms with Crippen LogP contribution >= 0.6 is 11.6 Å². The molecule has 1 atom stereocenters. The van der Waals surface area contributed by atoms with Gasteiger partial charge >= 0.3 is 0 Å². The molecule has 2 aromatic heterocycles. The number of nitrogens with zero attached hydrogens (tertiary/aromatic N) is 3. The lowest BCUT2D eigenvalue weighted by Crippen LogP contribution is -2.32. The third kappa shape index (κ3) is 3.14. The summed E-state index contributed by atoms with van der Waals surface area (Å²) in [5.41, 5.74) is 1.26. The molecule has 0 saturated heterocycles. The number of halogens is 1. The predicted octanol–water partition coefficient (Wildman–Crippen LogP) is 3.35. The van der Waals surface area contributed by atoms with Crippen LogP contribution in [0.25, 0.3) is 0 Å². The Hall–Kier alpha value is -1.94. The van der Waals surface area contributed by atoms with Crippen LogP contribution in [0.5, 0.6) is 0 Å². The molecule has 2 aromatic rings. The second-order valence-corrected chi connectivity index (χ2v) is 4.89.